The van der Waals surface area contributed by atoms with Crippen molar-refractivity contribution < 1.29 is 4.79 Å². The molecule has 0 bridgehead atoms. The maximum atomic E-state index is 12.2. The number of nitrogens with two attached hydrogens (primary N) is 1. The smallest absolute Gasteiger partial charge is 0.255 e. The van der Waals surface area contributed by atoms with Gasteiger partial charge in [-0.3, -0.25) is 9.78 Å². The van der Waals surface area contributed by atoms with Crippen LogP contribution in [0.4, 0.5) is 5.69 Å². The maximum absolute atomic E-state index is 12.2. The van der Waals surface area contributed by atoms with Crippen LogP contribution in [0.5, 0.6) is 0 Å². The Morgan fingerprint density at radius 3 is 2.52 bits per heavy atom. The molecule has 2 aromatic rings. The van der Waals surface area contributed by atoms with Gasteiger partial charge in [-0.2, -0.15) is 5.26 Å². The number of rotatable bonds is 3. The molecule has 1 aromatic heterocycles. The number of benzene rings is 1. The monoisotopic (exact) mass is 280 g/mol. The second-order valence-electron chi connectivity index (χ2n) is 5.28. The zero-order valence-corrected chi connectivity index (χ0v) is 11.9. The minimum Gasteiger partial charge on any atom is -0.322 e. The van der Waals surface area contributed by atoms with Gasteiger partial charge in [0.05, 0.1) is 11.6 Å². The van der Waals surface area contributed by atoms with E-state index in [2.05, 4.69) is 16.4 Å². The number of nitriles is 1. The lowest BCUT2D eigenvalue weighted by Gasteiger charge is -2.20. The Bertz CT molecular complexity index is 696. The molecule has 0 saturated heterocycles. The highest BCUT2D eigenvalue weighted by molar-refractivity contribution is 6.04. The molecule has 0 aliphatic heterocycles. The molecule has 1 heterocycles. The molecule has 0 aliphatic rings. The lowest BCUT2D eigenvalue weighted by molar-refractivity contribution is 0.102. The van der Waals surface area contributed by atoms with Crippen molar-refractivity contribution in [2.45, 2.75) is 19.4 Å². The lowest BCUT2D eigenvalue weighted by Crippen LogP contribution is -2.30. The summed E-state index contributed by atoms with van der Waals surface area (Å²) in [5, 5.41) is 12.0. The van der Waals surface area contributed by atoms with E-state index in [-0.39, 0.29) is 5.91 Å². The number of aromatic nitrogens is 1. The van der Waals surface area contributed by atoms with E-state index < -0.39 is 5.54 Å². The third-order valence-electron chi connectivity index (χ3n) is 3.03. The SMILES string of the molecule is CC(C)(N)c1ccc(C(=O)Nc2ccncc2)cc1C#N. The first-order valence-corrected chi connectivity index (χ1v) is 6.46. The van der Waals surface area contributed by atoms with E-state index in [1.807, 2.05) is 13.8 Å². The third-order valence-corrected chi connectivity index (χ3v) is 3.03. The molecule has 1 amide bonds. The van der Waals surface area contributed by atoms with Gasteiger partial charge in [0.25, 0.3) is 5.91 Å². The number of hydrogen-bond acceptors (Lipinski definition) is 4. The number of carbonyl (C=O) groups excluding carboxylic acids is 1. The minimum atomic E-state index is -0.634. The van der Waals surface area contributed by atoms with Crippen LogP contribution < -0.4 is 11.1 Å². The van der Waals surface area contributed by atoms with Gasteiger partial charge in [-0.15, -0.1) is 0 Å². The van der Waals surface area contributed by atoms with Crippen LogP contribution in [0.2, 0.25) is 0 Å². The molecule has 0 radical (unpaired) electrons. The van der Waals surface area contributed by atoms with Crippen LogP contribution >= 0.6 is 0 Å². The highest BCUT2D eigenvalue weighted by atomic mass is 16.1. The molecular weight excluding hydrogens is 264 g/mol. The molecule has 5 nitrogen and oxygen atoms in total. The molecule has 0 unspecified atom stereocenters. The van der Waals surface area contributed by atoms with E-state index in [0.717, 1.165) is 0 Å². The van der Waals surface area contributed by atoms with E-state index in [4.69, 9.17) is 5.73 Å². The Morgan fingerprint density at radius 1 is 1.29 bits per heavy atom. The lowest BCUT2D eigenvalue weighted by atomic mass is 9.90. The number of nitrogens with one attached hydrogen (secondary N) is 1. The van der Waals surface area contributed by atoms with Gasteiger partial charge in [-0.1, -0.05) is 6.07 Å². The predicted molar refractivity (Wildman–Crippen MR) is 80.6 cm³/mol. The van der Waals surface area contributed by atoms with Crippen LogP contribution in [0.1, 0.15) is 35.3 Å². The number of carbonyl (C=O) groups is 1. The molecule has 3 N–H and O–H groups in total. The molecule has 21 heavy (non-hydrogen) atoms. The van der Waals surface area contributed by atoms with Gasteiger partial charge in [0.1, 0.15) is 0 Å². The molecule has 106 valence electrons. The van der Waals surface area contributed by atoms with Crippen molar-refractivity contribution in [2.24, 2.45) is 5.73 Å². The van der Waals surface area contributed by atoms with Gasteiger partial charge < -0.3 is 11.1 Å². The molecular formula is C16H16N4O. The Kier molecular flexibility index (Phi) is 4.01. The van der Waals surface area contributed by atoms with Crippen molar-refractivity contribution in [1.82, 2.24) is 4.98 Å². The predicted octanol–water partition coefficient (Wildman–Crippen LogP) is 2.40. The quantitative estimate of drug-likeness (QED) is 0.903. The minimum absolute atomic E-state index is 0.279. The fourth-order valence-electron chi connectivity index (χ4n) is 1.98. The summed E-state index contributed by atoms with van der Waals surface area (Å²) in [7, 11) is 0. The summed E-state index contributed by atoms with van der Waals surface area (Å²) in [6.45, 7) is 3.64. The fourth-order valence-corrected chi connectivity index (χ4v) is 1.98. The number of anilines is 1. The first-order valence-electron chi connectivity index (χ1n) is 6.46. The molecule has 2 rings (SSSR count). The maximum Gasteiger partial charge on any atom is 0.255 e. The normalized spacial score (nSPS) is 10.8. The molecule has 0 saturated carbocycles. The van der Waals surface area contributed by atoms with Gasteiger partial charge in [0.15, 0.2) is 0 Å². The van der Waals surface area contributed by atoms with Crippen LogP contribution in [0.15, 0.2) is 42.7 Å². The molecule has 0 fully saturated rings. The first-order chi connectivity index (χ1) is 9.91. The van der Waals surface area contributed by atoms with E-state index in [1.54, 1.807) is 42.7 Å². The fraction of sp³-hybridized carbons (Fsp3) is 0.188. The Balaban J connectivity index is 2.30. The van der Waals surface area contributed by atoms with Gasteiger partial charge >= 0.3 is 0 Å². The summed E-state index contributed by atoms with van der Waals surface area (Å²) < 4.78 is 0. The average molecular weight is 280 g/mol. The second kappa shape index (κ2) is 5.73. The summed E-state index contributed by atoms with van der Waals surface area (Å²) in [5.74, 6) is -0.279. The molecule has 0 aliphatic carbocycles. The summed E-state index contributed by atoms with van der Waals surface area (Å²) in [6.07, 6.45) is 3.19. The Hall–Kier alpha value is -2.71. The van der Waals surface area contributed by atoms with Gasteiger partial charge in [-0.05, 0) is 43.7 Å². The first kappa shape index (κ1) is 14.7. The van der Waals surface area contributed by atoms with Crippen LogP contribution in [0.25, 0.3) is 0 Å². The number of amides is 1. The van der Waals surface area contributed by atoms with Crippen LogP contribution in [0, 0.1) is 11.3 Å². The van der Waals surface area contributed by atoms with Crippen LogP contribution in [0.3, 0.4) is 0 Å². The van der Waals surface area contributed by atoms with E-state index >= 15 is 0 Å². The number of pyridine rings is 1. The summed E-state index contributed by atoms with van der Waals surface area (Å²) in [6, 6.07) is 10.4. The average Bonchev–Trinajstić information content (AvgIpc) is 2.46. The van der Waals surface area contributed by atoms with Crippen molar-refractivity contribution in [3.8, 4) is 6.07 Å². The topological polar surface area (TPSA) is 91.8 Å². The summed E-state index contributed by atoms with van der Waals surface area (Å²) >= 11 is 0. The van der Waals surface area contributed by atoms with Crippen LogP contribution in [-0.4, -0.2) is 10.9 Å². The van der Waals surface area contributed by atoms with E-state index in [9.17, 15) is 10.1 Å². The van der Waals surface area contributed by atoms with Gasteiger partial charge in [-0.25, -0.2) is 0 Å². The van der Waals surface area contributed by atoms with E-state index in [0.29, 0.717) is 22.4 Å². The second-order valence-corrected chi connectivity index (χ2v) is 5.28. The highest BCUT2D eigenvalue weighted by Gasteiger charge is 2.19. The number of nitrogens with zero attached hydrogens (tertiary/aromatic N) is 2. The van der Waals surface area contributed by atoms with Gasteiger partial charge in [0, 0.05) is 29.2 Å². The van der Waals surface area contributed by atoms with Crippen molar-refractivity contribution in [1.29, 1.82) is 5.26 Å². The summed E-state index contributed by atoms with van der Waals surface area (Å²) in [5.41, 5.74) is 7.57. The van der Waals surface area contributed by atoms with Crippen molar-refractivity contribution in [2.75, 3.05) is 5.32 Å². The van der Waals surface area contributed by atoms with Crippen LogP contribution in [-0.2, 0) is 5.54 Å². The van der Waals surface area contributed by atoms with Gasteiger partial charge in [0.2, 0.25) is 0 Å². The van der Waals surface area contributed by atoms with Crippen molar-refractivity contribution in [3.05, 3.63) is 59.4 Å². The molecule has 5 heteroatoms. The Morgan fingerprint density at radius 2 is 1.95 bits per heavy atom. The zero-order valence-electron chi connectivity index (χ0n) is 11.9. The standard InChI is InChI=1S/C16H16N4O/c1-16(2,18)14-4-3-11(9-12(14)10-17)15(21)20-13-5-7-19-8-6-13/h3-9H,18H2,1-2H3,(H,19,20,21). The third kappa shape index (κ3) is 3.44. The van der Waals surface area contributed by atoms with Crippen molar-refractivity contribution >= 4 is 11.6 Å². The molecule has 0 atom stereocenters. The zero-order chi connectivity index (χ0) is 15.5. The largest absolute Gasteiger partial charge is 0.322 e. The highest BCUT2D eigenvalue weighted by Crippen LogP contribution is 2.22. The molecule has 1 aromatic carbocycles. The van der Waals surface area contributed by atoms with E-state index in [1.165, 1.54) is 0 Å². The Labute approximate surface area is 123 Å². The molecule has 0 spiro atoms. The number of hydrogen-bond donors (Lipinski definition) is 2. The summed E-state index contributed by atoms with van der Waals surface area (Å²) in [4.78, 5) is 16.1. The van der Waals surface area contributed by atoms with Crippen molar-refractivity contribution in [3.63, 3.8) is 0 Å².